The highest BCUT2D eigenvalue weighted by Gasteiger charge is 2.23. The van der Waals surface area contributed by atoms with E-state index in [4.69, 9.17) is 11.6 Å². The van der Waals surface area contributed by atoms with Crippen molar-refractivity contribution < 1.29 is 0 Å². The highest BCUT2D eigenvalue weighted by molar-refractivity contribution is 9.10. The summed E-state index contributed by atoms with van der Waals surface area (Å²) in [6, 6.07) is 1.87. The van der Waals surface area contributed by atoms with E-state index in [1.54, 1.807) is 6.20 Å². The lowest BCUT2D eigenvalue weighted by Gasteiger charge is -2.16. The highest BCUT2D eigenvalue weighted by Crippen LogP contribution is 2.32. The van der Waals surface area contributed by atoms with Gasteiger partial charge in [-0.1, -0.05) is 31.4 Å². The molecular weight excluding hydrogens is 288 g/mol. The molecule has 2 nitrogen and oxygen atoms in total. The molecule has 2 unspecified atom stereocenters. The van der Waals surface area contributed by atoms with Crippen LogP contribution in [-0.4, -0.2) is 11.5 Å². The zero-order valence-electron chi connectivity index (χ0n) is 9.34. The first-order valence-electron chi connectivity index (χ1n) is 5.71. The summed E-state index contributed by atoms with van der Waals surface area (Å²) in [5, 5.41) is 4.05. The van der Waals surface area contributed by atoms with Crippen LogP contribution in [0.3, 0.4) is 0 Å². The monoisotopic (exact) mass is 302 g/mol. The van der Waals surface area contributed by atoms with Crippen molar-refractivity contribution in [3.63, 3.8) is 0 Å². The summed E-state index contributed by atoms with van der Waals surface area (Å²) in [7, 11) is 0. The van der Waals surface area contributed by atoms with Crippen LogP contribution in [0.2, 0.25) is 5.02 Å². The Kier molecular flexibility index (Phi) is 4.09. The molecule has 0 radical (unpaired) electrons. The van der Waals surface area contributed by atoms with E-state index in [0.717, 1.165) is 28.7 Å². The SMILES string of the molecule is CC1CCCC1CNc1ncc(Cl)cc1Br. The van der Waals surface area contributed by atoms with Crippen LogP contribution in [0.1, 0.15) is 26.2 Å². The van der Waals surface area contributed by atoms with Gasteiger partial charge in [-0.05, 0) is 40.3 Å². The van der Waals surface area contributed by atoms with Crippen molar-refractivity contribution in [3.05, 3.63) is 21.8 Å². The minimum atomic E-state index is 0.659. The molecule has 0 amide bonds. The lowest BCUT2D eigenvalue weighted by atomic mass is 9.98. The average molecular weight is 304 g/mol. The second-order valence-corrected chi connectivity index (χ2v) is 5.82. The van der Waals surface area contributed by atoms with Gasteiger partial charge in [0.25, 0.3) is 0 Å². The fourth-order valence-corrected chi connectivity index (χ4v) is 3.08. The Morgan fingerprint density at radius 3 is 3.00 bits per heavy atom. The summed E-state index contributed by atoms with van der Waals surface area (Å²) < 4.78 is 0.936. The van der Waals surface area contributed by atoms with Crippen molar-refractivity contribution in [3.8, 4) is 0 Å². The van der Waals surface area contributed by atoms with Gasteiger partial charge in [-0.2, -0.15) is 0 Å². The molecule has 1 aromatic rings. The third kappa shape index (κ3) is 2.89. The third-order valence-electron chi connectivity index (χ3n) is 3.38. The molecular formula is C12H16BrClN2. The largest absolute Gasteiger partial charge is 0.369 e. The summed E-state index contributed by atoms with van der Waals surface area (Å²) in [4.78, 5) is 4.27. The van der Waals surface area contributed by atoms with E-state index in [1.807, 2.05) is 6.07 Å². The topological polar surface area (TPSA) is 24.9 Å². The normalized spacial score (nSPS) is 24.7. The van der Waals surface area contributed by atoms with Crippen LogP contribution in [0.4, 0.5) is 5.82 Å². The van der Waals surface area contributed by atoms with Gasteiger partial charge in [-0.3, -0.25) is 0 Å². The molecule has 2 rings (SSSR count). The predicted molar refractivity (Wildman–Crippen MR) is 71.9 cm³/mol. The summed E-state index contributed by atoms with van der Waals surface area (Å²) >= 11 is 9.31. The number of hydrogen-bond acceptors (Lipinski definition) is 2. The lowest BCUT2D eigenvalue weighted by molar-refractivity contribution is 0.439. The van der Waals surface area contributed by atoms with Gasteiger partial charge < -0.3 is 5.32 Å². The molecule has 1 aliphatic carbocycles. The van der Waals surface area contributed by atoms with Crippen molar-refractivity contribution >= 4 is 33.3 Å². The van der Waals surface area contributed by atoms with Gasteiger partial charge in [0.2, 0.25) is 0 Å². The smallest absolute Gasteiger partial charge is 0.140 e. The van der Waals surface area contributed by atoms with Crippen molar-refractivity contribution in [2.45, 2.75) is 26.2 Å². The molecule has 1 aliphatic rings. The van der Waals surface area contributed by atoms with Gasteiger partial charge in [0, 0.05) is 12.7 Å². The van der Waals surface area contributed by atoms with Gasteiger partial charge in [0.15, 0.2) is 0 Å². The fraction of sp³-hybridized carbons (Fsp3) is 0.583. The summed E-state index contributed by atoms with van der Waals surface area (Å²) in [5.74, 6) is 2.51. The zero-order valence-corrected chi connectivity index (χ0v) is 11.7. The second-order valence-electron chi connectivity index (χ2n) is 4.53. The number of aromatic nitrogens is 1. The fourth-order valence-electron chi connectivity index (χ4n) is 2.30. The lowest BCUT2D eigenvalue weighted by Crippen LogP contribution is -2.17. The van der Waals surface area contributed by atoms with Crippen molar-refractivity contribution in [1.82, 2.24) is 4.98 Å². The van der Waals surface area contributed by atoms with E-state index in [0.29, 0.717) is 5.02 Å². The predicted octanol–water partition coefficient (Wildman–Crippen LogP) is 4.35. The Balaban J connectivity index is 1.94. The first-order valence-corrected chi connectivity index (χ1v) is 6.89. The minimum absolute atomic E-state index is 0.659. The number of nitrogens with zero attached hydrogens (tertiary/aromatic N) is 1. The molecule has 0 aromatic carbocycles. The third-order valence-corrected chi connectivity index (χ3v) is 4.19. The van der Waals surface area contributed by atoms with E-state index in [9.17, 15) is 0 Å². The van der Waals surface area contributed by atoms with Crippen molar-refractivity contribution in [2.75, 3.05) is 11.9 Å². The molecule has 0 saturated heterocycles. The Labute approximate surface area is 110 Å². The van der Waals surface area contributed by atoms with E-state index >= 15 is 0 Å². The minimum Gasteiger partial charge on any atom is -0.369 e. The van der Waals surface area contributed by atoms with Crippen LogP contribution in [0.25, 0.3) is 0 Å². The maximum atomic E-state index is 5.85. The Morgan fingerprint density at radius 2 is 2.38 bits per heavy atom. The van der Waals surface area contributed by atoms with Gasteiger partial charge >= 0.3 is 0 Å². The molecule has 88 valence electrons. The Hall–Kier alpha value is -0.280. The van der Waals surface area contributed by atoms with Gasteiger partial charge in [-0.25, -0.2) is 4.98 Å². The second kappa shape index (κ2) is 5.37. The number of nitrogens with one attached hydrogen (secondary N) is 1. The summed E-state index contributed by atoms with van der Waals surface area (Å²) in [5.41, 5.74) is 0. The maximum Gasteiger partial charge on any atom is 0.140 e. The molecule has 2 atom stereocenters. The summed E-state index contributed by atoms with van der Waals surface area (Å²) in [6.45, 7) is 3.35. The number of hydrogen-bond donors (Lipinski definition) is 1. The van der Waals surface area contributed by atoms with Crippen LogP contribution < -0.4 is 5.32 Å². The zero-order chi connectivity index (χ0) is 11.5. The molecule has 1 fully saturated rings. The van der Waals surface area contributed by atoms with E-state index in [2.05, 4.69) is 33.2 Å². The number of pyridine rings is 1. The average Bonchev–Trinajstić information content (AvgIpc) is 2.63. The van der Waals surface area contributed by atoms with Crippen LogP contribution in [-0.2, 0) is 0 Å². The molecule has 4 heteroatoms. The maximum absolute atomic E-state index is 5.85. The first-order chi connectivity index (χ1) is 7.66. The molecule has 16 heavy (non-hydrogen) atoms. The number of halogens is 2. The van der Waals surface area contributed by atoms with Gasteiger partial charge in [0.1, 0.15) is 5.82 Å². The van der Waals surface area contributed by atoms with Crippen LogP contribution in [0.15, 0.2) is 16.7 Å². The molecule has 0 spiro atoms. The molecule has 1 N–H and O–H groups in total. The Morgan fingerprint density at radius 1 is 1.56 bits per heavy atom. The molecule has 0 aliphatic heterocycles. The van der Waals surface area contributed by atoms with Crippen LogP contribution in [0.5, 0.6) is 0 Å². The highest BCUT2D eigenvalue weighted by atomic mass is 79.9. The van der Waals surface area contributed by atoms with E-state index in [1.165, 1.54) is 19.3 Å². The summed E-state index contributed by atoms with van der Waals surface area (Å²) in [6.07, 6.45) is 5.73. The molecule has 0 bridgehead atoms. The first kappa shape index (κ1) is 12.2. The number of rotatable bonds is 3. The van der Waals surface area contributed by atoms with E-state index < -0.39 is 0 Å². The standard InChI is InChI=1S/C12H16BrClN2/c1-8-3-2-4-9(8)6-15-12-11(13)5-10(14)7-16-12/h5,7-9H,2-4,6H2,1H3,(H,15,16). The number of anilines is 1. The van der Waals surface area contributed by atoms with Crippen LogP contribution in [0, 0.1) is 11.8 Å². The Bertz CT molecular complexity index is 370. The van der Waals surface area contributed by atoms with Crippen molar-refractivity contribution in [1.29, 1.82) is 0 Å². The molecule has 1 saturated carbocycles. The van der Waals surface area contributed by atoms with Crippen LogP contribution >= 0.6 is 27.5 Å². The van der Waals surface area contributed by atoms with Gasteiger partial charge in [-0.15, -0.1) is 0 Å². The molecule has 1 aromatic heterocycles. The van der Waals surface area contributed by atoms with E-state index in [-0.39, 0.29) is 0 Å². The molecule has 1 heterocycles. The quantitative estimate of drug-likeness (QED) is 0.898. The van der Waals surface area contributed by atoms with Crippen molar-refractivity contribution in [2.24, 2.45) is 11.8 Å². The van der Waals surface area contributed by atoms with Gasteiger partial charge in [0.05, 0.1) is 9.50 Å².